The molecule has 0 spiro atoms. The van der Waals surface area contributed by atoms with Gasteiger partial charge < -0.3 is 9.47 Å². The van der Waals surface area contributed by atoms with E-state index in [2.05, 4.69) is 258 Å². The minimum Gasteiger partial charge on any atom is -0.310 e. The van der Waals surface area contributed by atoms with Crippen LogP contribution < -0.4 is 4.90 Å². The smallest absolute Gasteiger partial charge is 0.124 e. The summed E-state index contributed by atoms with van der Waals surface area (Å²) in [5.74, 6) is 0. The molecule has 2 heterocycles. The molecular formula is C63H41N3S. The molecule has 67 heavy (non-hydrogen) atoms. The molecule has 0 radical (unpaired) electrons. The van der Waals surface area contributed by atoms with Crippen LogP contribution >= 0.6 is 11.3 Å². The van der Waals surface area contributed by atoms with Crippen LogP contribution in [-0.4, -0.2) is 9.55 Å². The number of fused-ring (bicyclic) bond motifs is 8. The number of nitrogens with zero attached hydrogens (tertiary/aromatic N) is 3. The van der Waals surface area contributed by atoms with Crippen molar-refractivity contribution in [2.24, 2.45) is 0 Å². The predicted molar refractivity (Wildman–Crippen MR) is 285 cm³/mol. The van der Waals surface area contributed by atoms with Crippen LogP contribution in [-0.2, 0) is 0 Å². The lowest BCUT2D eigenvalue weighted by Gasteiger charge is -2.28. The molecular weight excluding hydrogens is 831 g/mol. The van der Waals surface area contributed by atoms with Gasteiger partial charge in [-0.1, -0.05) is 176 Å². The Morgan fingerprint density at radius 3 is 1.66 bits per heavy atom. The minimum absolute atomic E-state index is 1.04. The van der Waals surface area contributed by atoms with E-state index in [-0.39, 0.29) is 0 Å². The Bertz CT molecular complexity index is 3910. The third-order valence-electron chi connectivity index (χ3n) is 13.2. The van der Waals surface area contributed by atoms with E-state index in [1.807, 2.05) is 0 Å². The van der Waals surface area contributed by atoms with Crippen molar-refractivity contribution in [1.82, 2.24) is 9.55 Å². The summed E-state index contributed by atoms with van der Waals surface area (Å²) >= 11 is 1.76. The molecule has 0 aliphatic rings. The van der Waals surface area contributed by atoms with Gasteiger partial charge in [0.2, 0.25) is 0 Å². The standard InChI is InChI=1S/C63H41N3S/c1-3-14-42(15-4-1)46-18-13-19-48(40-46)63-64-62-56-37-30-45-26-27-47(41-57(45)53(56)38-39-61(62)67-63)43-28-31-49(32-29-43)65(58-23-10-7-20-52(58)44-16-5-2-6-17-44)50-33-35-51(36-34-50)66-59-24-11-8-21-54(59)55-22-9-12-25-60(55)66/h1-41H. The SMILES string of the molecule is c1ccc(-c2cccc(-c3nc4c(ccc5c6cc(-c7ccc(N(c8ccc(-n9c%10ccccc%10c%10ccccc%109)cc8)c8ccccc8-c8ccccc8)cc7)ccc6ccc54)s3)c2)cc1. The Kier molecular flexibility index (Phi) is 9.36. The van der Waals surface area contributed by atoms with Crippen LogP contribution in [0.1, 0.15) is 0 Å². The third-order valence-corrected chi connectivity index (χ3v) is 14.3. The van der Waals surface area contributed by atoms with Crippen molar-refractivity contribution in [3.8, 4) is 49.6 Å². The van der Waals surface area contributed by atoms with Crippen LogP contribution in [0.2, 0.25) is 0 Å². The van der Waals surface area contributed by atoms with E-state index in [0.29, 0.717) is 0 Å². The van der Waals surface area contributed by atoms with Crippen LogP contribution in [0.15, 0.2) is 249 Å². The predicted octanol–water partition coefficient (Wildman–Crippen LogP) is 17.8. The van der Waals surface area contributed by atoms with Gasteiger partial charge in [-0.05, 0) is 117 Å². The molecule has 0 saturated heterocycles. The zero-order chi connectivity index (χ0) is 44.3. The van der Waals surface area contributed by atoms with Gasteiger partial charge in [-0.3, -0.25) is 0 Å². The molecule has 13 aromatic rings. The Balaban J connectivity index is 0.882. The molecule has 0 amide bonds. The maximum atomic E-state index is 5.29. The summed E-state index contributed by atoms with van der Waals surface area (Å²) in [6.07, 6.45) is 0. The molecule has 13 rings (SSSR count). The van der Waals surface area contributed by atoms with E-state index in [9.17, 15) is 0 Å². The summed E-state index contributed by atoms with van der Waals surface area (Å²) in [6, 6.07) is 90.0. The van der Waals surface area contributed by atoms with Crippen LogP contribution in [0, 0.1) is 0 Å². The van der Waals surface area contributed by atoms with E-state index in [1.165, 1.54) is 75.9 Å². The number of aromatic nitrogens is 2. The van der Waals surface area contributed by atoms with Gasteiger partial charge >= 0.3 is 0 Å². The zero-order valence-corrected chi connectivity index (χ0v) is 37.2. The Labute approximate surface area is 392 Å². The average molecular weight is 872 g/mol. The summed E-state index contributed by atoms with van der Waals surface area (Å²) in [6.45, 7) is 0. The molecule has 0 bridgehead atoms. The van der Waals surface area contributed by atoms with Crippen LogP contribution in [0.4, 0.5) is 17.1 Å². The molecule has 0 aliphatic heterocycles. The summed E-state index contributed by atoms with van der Waals surface area (Å²) in [5, 5.41) is 8.38. The number of rotatable bonds is 8. The van der Waals surface area contributed by atoms with Crippen LogP contribution in [0.5, 0.6) is 0 Å². The second-order valence-corrected chi connectivity index (χ2v) is 18.2. The van der Waals surface area contributed by atoms with E-state index in [4.69, 9.17) is 4.98 Å². The number of anilines is 3. The third kappa shape index (κ3) is 6.77. The molecule has 11 aromatic carbocycles. The fourth-order valence-corrected chi connectivity index (χ4v) is 11.0. The Hall–Kier alpha value is -8.57. The summed E-state index contributed by atoms with van der Waals surface area (Å²) in [5.41, 5.74) is 16.1. The van der Waals surface area contributed by atoms with Crippen molar-refractivity contribution >= 4 is 82.0 Å². The topological polar surface area (TPSA) is 21.1 Å². The Morgan fingerprint density at radius 2 is 0.910 bits per heavy atom. The maximum Gasteiger partial charge on any atom is 0.124 e. The van der Waals surface area contributed by atoms with Gasteiger partial charge in [-0.25, -0.2) is 4.98 Å². The lowest BCUT2D eigenvalue weighted by atomic mass is 9.96. The van der Waals surface area contributed by atoms with E-state index < -0.39 is 0 Å². The first-order chi connectivity index (χ1) is 33.2. The molecule has 0 N–H and O–H groups in total. The van der Waals surface area contributed by atoms with Gasteiger partial charge in [0, 0.05) is 44.3 Å². The first-order valence-corrected chi connectivity index (χ1v) is 23.6. The van der Waals surface area contributed by atoms with Gasteiger partial charge in [-0.15, -0.1) is 11.3 Å². The van der Waals surface area contributed by atoms with E-state index in [0.717, 1.165) is 44.4 Å². The maximum absolute atomic E-state index is 5.29. The second kappa shape index (κ2) is 16.1. The fraction of sp³-hybridized carbons (Fsp3) is 0. The molecule has 0 saturated carbocycles. The first-order valence-electron chi connectivity index (χ1n) is 22.8. The average Bonchev–Trinajstić information content (AvgIpc) is 4.00. The number of thiazole rings is 1. The monoisotopic (exact) mass is 871 g/mol. The number of para-hydroxylation sites is 3. The molecule has 0 aliphatic carbocycles. The first kappa shape index (κ1) is 38.9. The highest BCUT2D eigenvalue weighted by molar-refractivity contribution is 7.21. The van der Waals surface area contributed by atoms with Crippen LogP contribution in [0.3, 0.4) is 0 Å². The molecule has 0 atom stereocenters. The molecule has 4 heteroatoms. The van der Waals surface area contributed by atoms with Crippen molar-refractivity contribution in [1.29, 1.82) is 0 Å². The van der Waals surface area contributed by atoms with Gasteiger partial charge in [0.05, 0.1) is 26.9 Å². The van der Waals surface area contributed by atoms with Crippen molar-refractivity contribution in [3.05, 3.63) is 249 Å². The molecule has 314 valence electrons. The van der Waals surface area contributed by atoms with E-state index in [1.54, 1.807) is 11.3 Å². The van der Waals surface area contributed by atoms with Crippen molar-refractivity contribution in [3.63, 3.8) is 0 Å². The van der Waals surface area contributed by atoms with Gasteiger partial charge in [0.1, 0.15) is 5.01 Å². The minimum atomic E-state index is 1.04. The Morgan fingerprint density at radius 1 is 0.358 bits per heavy atom. The van der Waals surface area contributed by atoms with E-state index >= 15 is 0 Å². The quantitative estimate of drug-likeness (QED) is 0.142. The largest absolute Gasteiger partial charge is 0.310 e. The molecule has 0 fully saturated rings. The lowest BCUT2D eigenvalue weighted by molar-refractivity contribution is 1.17. The number of hydrogen-bond donors (Lipinski definition) is 0. The summed E-state index contributed by atoms with van der Waals surface area (Å²) in [7, 11) is 0. The molecule has 2 aromatic heterocycles. The number of benzene rings is 11. The van der Waals surface area contributed by atoms with Crippen molar-refractivity contribution < 1.29 is 0 Å². The molecule has 0 unspecified atom stereocenters. The van der Waals surface area contributed by atoms with Crippen LogP contribution in [0.25, 0.3) is 103 Å². The zero-order valence-electron chi connectivity index (χ0n) is 36.4. The van der Waals surface area contributed by atoms with Crippen molar-refractivity contribution in [2.75, 3.05) is 4.90 Å². The summed E-state index contributed by atoms with van der Waals surface area (Å²) < 4.78 is 3.57. The van der Waals surface area contributed by atoms with Gasteiger partial charge in [0.15, 0.2) is 0 Å². The highest BCUT2D eigenvalue weighted by atomic mass is 32.1. The number of hydrogen-bond acceptors (Lipinski definition) is 3. The highest BCUT2D eigenvalue weighted by Gasteiger charge is 2.19. The summed E-state index contributed by atoms with van der Waals surface area (Å²) in [4.78, 5) is 7.68. The van der Waals surface area contributed by atoms with Crippen molar-refractivity contribution in [2.45, 2.75) is 0 Å². The highest BCUT2D eigenvalue weighted by Crippen LogP contribution is 2.43. The normalized spacial score (nSPS) is 11.6. The van der Waals surface area contributed by atoms with Gasteiger partial charge in [0.25, 0.3) is 0 Å². The van der Waals surface area contributed by atoms with Gasteiger partial charge in [-0.2, -0.15) is 0 Å². The second-order valence-electron chi connectivity index (χ2n) is 17.1. The fourth-order valence-electron chi connectivity index (χ4n) is 10.0. The lowest BCUT2D eigenvalue weighted by Crippen LogP contribution is -2.11. The molecule has 3 nitrogen and oxygen atoms in total.